The zero-order chi connectivity index (χ0) is 14.5. The summed E-state index contributed by atoms with van der Waals surface area (Å²) in [6.45, 7) is 2.34. The highest BCUT2D eigenvalue weighted by atomic mass is 16.5. The fourth-order valence-corrected chi connectivity index (χ4v) is 1.99. The highest BCUT2D eigenvalue weighted by Gasteiger charge is 2.23. The van der Waals surface area contributed by atoms with Gasteiger partial charge in [0.15, 0.2) is 11.5 Å². The number of hydrogen-bond acceptors (Lipinski definition) is 4. The molecule has 0 heterocycles. The van der Waals surface area contributed by atoms with Gasteiger partial charge in [0.1, 0.15) is 0 Å². The summed E-state index contributed by atoms with van der Waals surface area (Å²) in [4.78, 5) is 11.6. The summed E-state index contributed by atoms with van der Waals surface area (Å²) < 4.78 is 10.5. The van der Waals surface area contributed by atoms with Crippen molar-refractivity contribution < 1.29 is 14.3 Å². The normalized spacial score (nSPS) is 15.6. The van der Waals surface area contributed by atoms with E-state index in [0.717, 1.165) is 18.4 Å². The lowest BCUT2D eigenvalue weighted by Gasteiger charge is -2.16. The Morgan fingerprint density at radius 1 is 1.30 bits per heavy atom. The van der Waals surface area contributed by atoms with Crippen LogP contribution in [0, 0.1) is 0 Å². The molecule has 0 aliphatic heterocycles. The topological polar surface area (TPSA) is 59.6 Å². The van der Waals surface area contributed by atoms with E-state index < -0.39 is 0 Å². The first kappa shape index (κ1) is 14.7. The molecule has 1 aliphatic carbocycles. The molecule has 1 aliphatic rings. The molecule has 0 saturated heterocycles. The van der Waals surface area contributed by atoms with E-state index in [1.165, 1.54) is 0 Å². The molecule has 5 nitrogen and oxygen atoms in total. The van der Waals surface area contributed by atoms with Crippen molar-refractivity contribution in [2.75, 3.05) is 20.8 Å². The zero-order valence-electron chi connectivity index (χ0n) is 12.2. The van der Waals surface area contributed by atoms with E-state index in [-0.39, 0.29) is 11.9 Å². The average molecular weight is 278 g/mol. The van der Waals surface area contributed by atoms with Crippen molar-refractivity contribution >= 4 is 5.91 Å². The maximum atomic E-state index is 11.6. The number of carbonyl (C=O) groups is 1. The van der Waals surface area contributed by atoms with E-state index in [2.05, 4.69) is 10.6 Å². The minimum atomic E-state index is 0.0554. The molecule has 1 atom stereocenters. The lowest BCUT2D eigenvalue weighted by molar-refractivity contribution is -0.120. The Hall–Kier alpha value is -1.75. The fourth-order valence-electron chi connectivity index (χ4n) is 1.99. The molecule has 1 saturated carbocycles. The second kappa shape index (κ2) is 6.61. The Labute approximate surface area is 119 Å². The number of nitrogens with one attached hydrogen (secondary N) is 2. The van der Waals surface area contributed by atoms with Crippen molar-refractivity contribution in [1.82, 2.24) is 10.6 Å². The van der Waals surface area contributed by atoms with Crippen LogP contribution in [0.25, 0.3) is 0 Å². The van der Waals surface area contributed by atoms with Gasteiger partial charge in [-0.05, 0) is 37.5 Å². The maximum Gasteiger partial charge on any atom is 0.234 e. The van der Waals surface area contributed by atoms with Gasteiger partial charge in [-0.1, -0.05) is 6.07 Å². The van der Waals surface area contributed by atoms with Crippen molar-refractivity contribution in [3.8, 4) is 11.5 Å². The van der Waals surface area contributed by atoms with Gasteiger partial charge in [0, 0.05) is 12.1 Å². The monoisotopic (exact) mass is 278 g/mol. The summed E-state index contributed by atoms with van der Waals surface area (Å²) in [5.74, 6) is 1.45. The molecule has 1 aromatic carbocycles. The first-order valence-corrected chi connectivity index (χ1v) is 6.88. The predicted octanol–water partition coefficient (Wildman–Crippen LogP) is 1.63. The zero-order valence-corrected chi connectivity index (χ0v) is 12.2. The Bertz CT molecular complexity index is 472. The molecular formula is C15H22N2O3. The Morgan fingerprint density at radius 2 is 2.00 bits per heavy atom. The van der Waals surface area contributed by atoms with E-state index in [1.54, 1.807) is 14.2 Å². The van der Waals surface area contributed by atoms with Crippen LogP contribution in [0.15, 0.2) is 18.2 Å². The molecule has 0 radical (unpaired) electrons. The van der Waals surface area contributed by atoms with Crippen molar-refractivity contribution in [2.24, 2.45) is 0 Å². The number of ether oxygens (including phenoxy) is 2. The number of carbonyl (C=O) groups excluding carboxylic acids is 1. The second-order valence-electron chi connectivity index (χ2n) is 5.06. The smallest absolute Gasteiger partial charge is 0.234 e. The Balaban J connectivity index is 1.90. The fraction of sp³-hybridized carbons (Fsp3) is 0.533. The molecule has 110 valence electrons. The van der Waals surface area contributed by atoms with Gasteiger partial charge < -0.3 is 20.1 Å². The highest BCUT2D eigenvalue weighted by molar-refractivity contribution is 5.78. The predicted molar refractivity (Wildman–Crippen MR) is 77.1 cm³/mol. The van der Waals surface area contributed by atoms with Gasteiger partial charge >= 0.3 is 0 Å². The SMILES string of the molecule is COc1ccc(C(C)NCC(=O)NC2CC2)cc1OC. The van der Waals surface area contributed by atoms with Crippen LogP contribution in [-0.2, 0) is 4.79 Å². The van der Waals surface area contributed by atoms with Crippen LogP contribution in [0.3, 0.4) is 0 Å². The van der Waals surface area contributed by atoms with Crippen LogP contribution in [0.1, 0.15) is 31.4 Å². The molecule has 1 amide bonds. The number of methoxy groups -OCH3 is 2. The third-order valence-electron chi connectivity index (χ3n) is 3.42. The quantitative estimate of drug-likeness (QED) is 0.796. The Kier molecular flexibility index (Phi) is 4.84. The highest BCUT2D eigenvalue weighted by Crippen LogP contribution is 2.29. The number of rotatable bonds is 7. The van der Waals surface area contributed by atoms with E-state index >= 15 is 0 Å². The molecular weight excluding hydrogens is 256 g/mol. The van der Waals surface area contributed by atoms with Crippen LogP contribution in [0.2, 0.25) is 0 Å². The third kappa shape index (κ3) is 3.87. The summed E-state index contributed by atoms with van der Waals surface area (Å²) in [6.07, 6.45) is 2.22. The van der Waals surface area contributed by atoms with E-state index in [0.29, 0.717) is 24.1 Å². The first-order chi connectivity index (χ1) is 9.63. The molecule has 0 aromatic heterocycles. The van der Waals surface area contributed by atoms with Gasteiger partial charge in [0.2, 0.25) is 5.91 Å². The minimum Gasteiger partial charge on any atom is -0.493 e. The van der Waals surface area contributed by atoms with Crippen LogP contribution < -0.4 is 20.1 Å². The minimum absolute atomic E-state index is 0.0554. The van der Waals surface area contributed by atoms with Gasteiger partial charge in [-0.3, -0.25) is 4.79 Å². The van der Waals surface area contributed by atoms with E-state index in [4.69, 9.17) is 9.47 Å². The molecule has 0 spiro atoms. The van der Waals surface area contributed by atoms with E-state index in [9.17, 15) is 4.79 Å². The van der Waals surface area contributed by atoms with Gasteiger partial charge in [-0.15, -0.1) is 0 Å². The largest absolute Gasteiger partial charge is 0.493 e. The lowest BCUT2D eigenvalue weighted by atomic mass is 10.1. The lowest BCUT2D eigenvalue weighted by Crippen LogP contribution is -2.36. The van der Waals surface area contributed by atoms with Gasteiger partial charge in [-0.2, -0.15) is 0 Å². The molecule has 0 bridgehead atoms. The van der Waals surface area contributed by atoms with E-state index in [1.807, 2.05) is 25.1 Å². The molecule has 1 fully saturated rings. The molecule has 2 N–H and O–H groups in total. The van der Waals surface area contributed by atoms with Crippen molar-refractivity contribution in [2.45, 2.75) is 31.8 Å². The van der Waals surface area contributed by atoms with Crippen LogP contribution >= 0.6 is 0 Å². The Morgan fingerprint density at radius 3 is 2.60 bits per heavy atom. The van der Waals surface area contributed by atoms with Crippen molar-refractivity contribution in [1.29, 1.82) is 0 Å². The third-order valence-corrected chi connectivity index (χ3v) is 3.42. The number of hydrogen-bond donors (Lipinski definition) is 2. The molecule has 2 rings (SSSR count). The molecule has 5 heteroatoms. The van der Waals surface area contributed by atoms with Gasteiger partial charge in [0.05, 0.1) is 20.8 Å². The van der Waals surface area contributed by atoms with Crippen LogP contribution in [0.5, 0.6) is 11.5 Å². The van der Waals surface area contributed by atoms with Gasteiger partial charge in [0.25, 0.3) is 0 Å². The standard InChI is InChI=1S/C15H22N2O3/c1-10(16-9-15(18)17-12-5-6-12)11-4-7-13(19-2)14(8-11)20-3/h4,7-8,10,12,16H,5-6,9H2,1-3H3,(H,17,18). The average Bonchev–Trinajstić information content (AvgIpc) is 3.27. The summed E-state index contributed by atoms with van der Waals surface area (Å²) in [7, 11) is 3.23. The molecule has 1 aromatic rings. The number of amides is 1. The van der Waals surface area contributed by atoms with Crippen molar-refractivity contribution in [3.05, 3.63) is 23.8 Å². The van der Waals surface area contributed by atoms with Gasteiger partial charge in [-0.25, -0.2) is 0 Å². The summed E-state index contributed by atoms with van der Waals surface area (Å²) in [5.41, 5.74) is 1.06. The molecule has 20 heavy (non-hydrogen) atoms. The summed E-state index contributed by atoms with van der Waals surface area (Å²) in [5, 5.41) is 6.17. The maximum absolute atomic E-state index is 11.6. The van der Waals surface area contributed by atoms with Crippen molar-refractivity contribution in [3.63, 3.8) is 0 Å². The molecule has 1 unspecified atom stereocenters. The second-order valence-corrected chi connectivity index (χ2v) is 5.06. The summed E-state index contributed by atoms with van der Waals surface area (Å²) in [6, 6.07) is 6.24. The van der Waals surface area contributed by atoms with Crippen LogP contribution in [-0.4, -0.2) is 32.7 Å². The number of benzene rings is 1. The summed E-state index contributed by atoms with van der Waals surface area (Å²) >= 11 is 0. The first-order valence-electron chi connectivity index (χ1n) is 6.88. The van der Waals surface area contributed by atoms with Crippen LogP contribution in [0.4, 0.5) is 0 Å².